The Bertz CT molecular complexity index is 707. The molecule has 6 heteroatoms. The summed E-state index contributed by atoms with van der Waals surface area (Å²) in [6, 6.07) is 0. The van der Waals surface area contributed by atoms with Gasteiger partial charge in [0.25, 0.3) is 0 Å². The Morgan fingerprint density at radius 1 is 0.550 bits per heavy atom. The van der Waals surface area contributed by atoms with Crippen LogP contribution in [0.4, 0.5) is 0 Å². The predicted octanol–water partition coefficient (Wildman–Crippen LogP) is 7.10. The molecule has 0 aromatic carbocycles. The third-order valence-electron chi connectivity index (χ3n) is 8.59. The first kappa shape index (κ1) is 38.9. The molecule has 3 N–H and O–H groups in total. The van der Waals surface area contributed by atoms with Crippen molar-refractivity contribution in [3.8, 4) is 0 Å². The molecule has 0 fully saturated rings. The van der Waals surface area contributed by atoms with Crippen LogP contribution in [-0.4, -0.2) is 50.5 Å². The number of rotatable bonds is 24. The number of aliphatic hydroxyl groups excluding tert-OH is 1. The molecule has 0 radical (unpaired) electrons. The van der Waals surface area contributed by atoms with Crippen molar-refractivity contribution in [1.82, 2.24) is 0 Å². The van der Waals surface area contributed by atoms with Crippen molar-refractivity contribution >= 4 is 17.3 Å². The van der Waals surface area contributed by atoms with Crippen LogP contribution in [0.15, 0.2) is 0 Å². The zero-order chi connectivity index (χ0) is 31.1. The molecule has 0 aliphatic heterocycles. The van der Waals surface area contributed by atoms with Crippen LogP contribution in [0.3, 0.4) is 0 Å². The first-order chi connectivity index (χ1) is 18.5. The Kier molecular flexibility index (Phi) is 18.6. The van der Waals surface area contributed by atoms with Gasteiger partial charge in [0.2, 0.25) is 5.60 Å². The van der Waals surface area contributed by atoms with Crippen LogP contribution in [-0.2, 0) is 14.4 Å². The summed E-state index contributed by atoms with van der Waals surface area (Å²) in [5.74, 6) is -1.25. The largest absolute Gasteiger partial charge is 0.393 e. The predicted molar refractivity (Wildman–Crippen MR) is 164 cm³/mol. The molecule has 0 aliphatic rings. The van der Waals surface area contributed by atoms with Gasteiger partial charge in [0.05, 0.1) is 6.61 Å². The molecule has 6 nitrogen and oxygen atoms in total. The van der Waals surface area contributed by atoms with Crippen LogP contribution in [0.5, 0.6) is 0 Å². The summed E-state index contributed by atoms with van der Waals surface area (Å²) in [4.78, 5) is 40.8. The summed E-state index contributed by atoms with van der Waals surface area (Å²) < 4.78 is 0. The van der Waals surface area contributed by atoms with Gasteiger partial charge in [-0.05, 0) is 48.9 Å². The second-order valence-corrected chi connectivity index (χ2v) is 14.1. The van der Waals surface area contributed by atoms with Crippen molar-refractivity contribution in [1.29, 1.82) is 0 Å². The maximum absolute atomic E-state index is 13.6. The quantitative estimate of drug-likeness (QED) is 0.107. The van der Waals surface area contributed by atoms with E-state index in [2.05, 4.69) is 41.5 Å². The van der Waals surface area contributed by atoms with Crippen LogP contribution in [0.1, 0.15) is 146 Å². The number of aliphatic hydroxyl groups is 3. The fourth-order valence-corrected chi connectivity index (χ4v) is 5.51. The average molecular weight is 569 g/mol. The van der Waals surface area contributed by atoms with Gasteiger partial charge >= 0.3 is 0 Å². The molecule has 0 aromatic heterocycles. The molecule has 0 heterocycles. The summed E-state index contributed by atoms with van der Waals surface area (Å²) in [6.07, 6.45) is 8.74. The molecule has 0 rings (SSSR count). The van der Waals surface area contributed by atoms with E-state index < -0.39 is 41.1 Å². The highest BCUT2D eigenvalue weighted by Crippen LogP contribution is 2.34. The van der Waals surface area contributed by atoms with E-state index >= 15 is 0 Å². The van der Waals surface area contributed by atoms with Gasteiger partial charge in [0.1, 0.15) is 0 Å². The number of hydrogen-bond donors (Lipinski definition) is 3. The lowest BCUT2D eigenvalue weighted by Gasteiger charge is -2.40. The SMILES string of the molecule is CC(C)CCCC(C)CCC(=O)C(O)(C(=O)CCC(C)CCCC(C)C)C(O)(CO)C(=O)C(C)CCCC(C)C. The third kappa shape index (κ3) is 12.8. The zero-order valence-corrected chi connectivity index (χ0v) is 27.4. The molecule has 4 unspecified atom stereocenters. The fraction of sp³-hybridized carbons (Fsp3) is 0.912. The molecule has 0 amide bonds. The van der Waals surface area contributed by atoms with Crippen molar-refractivity contribution in [2.75, 3.05) is 6.61 Å². The Morgan fingerprint density at radius 2 is 0.900 bits per heavy atom. The van der Waals surface area contributed by atoms with Crippen molar-refractivity contribution in [2.24, 2.45) is 35.5 Å². The Labute approximate surface area is 246 Å². The molecule has 4 atom stereocenters. The summed E-state index contributed by atoms with van der Waals surface area (Å²) in [5.41, 5.74) is -5.82. The smallest absolute Gasteiger partial charge is 0.219 e. The Balaban J connectivity index is 5.87. The molecule has 236 valence electrons. The highest BCUT2D eigenvalue weighted by molar-refractivity contribution is 6.16. The van der Waals surface area contributed by atoms with Crippen LogP contribution >= 0.6 is 0 Å². The van der Waals surface area contributed by atoms with Crippen molar-refractivity contribution in [3.63, 3.8) is 0 Å². The molecular weight excluding hydrogens is 504 g/mol. The Hall–Kier alpha value is -1.11. The fourth-order valence-electron chi connectivity index (χ4n) is 5.51. The van der Waals surface area contributed by atoms with E-state index in [0.29, 0.717) is 37.0 Å². The second kappa shape index (κ2) is 19.2. The first-order valence-electron chi connectivity index (χ1n) is 16.2. The first-order valence-corrected chi connectivity index (χ1v) is 16.2. The average Bonchev–Trinajstić information content (AvgIpc) is 2.87. The van der Waals surface area contributed by atoms with Gasteiger partial charge in [-0.1, -0.05) is 114 Å². The van der Waals surface area contributed by atoms with Crippen LogP contribution in [0.25, 0.3) is 0 Å². The summed E-state index contributed by atoms with van der Waals surface area (Å²) in [6.45, 7) is 17.4. The van der Waals surface area contributed by atoms with Gasteiger partial charge in [0.15, 0.2) is 23.0 Å². The third-order valence-corrected chi connectivity index (χ3v) is 8.59. The van der Waals surface area contributed by atoms with Crippen LogP contribution < -0.4 is 0 Å². The van der Waals surface area contributed by atoms with E-state index in [1.807, 2.05) is 13.8 Å². The van der Waals surface area contributed by atoms with Crippen molar-refractivity contribution in [3.05, 3.63) is 0 Å². The van der Waals surface area contributed by atoms with Crippen LogP contribution in [0.2, 0.25) is 0 Å². The van der Waals surface area contributed by atoms with Gasteiger partial charge in [-0.25, -0.2) is 0 Å². The maximum Gasteiger partial charge on any atom is 0.219 e. The summed E-state index contributed by atoms with van der Waals surface area (Å²) >= 11 is 0. The minimum absolute atomic E-state index is 0.133. The van der Waals surface area contributed by atoms with Gasteiger partial charge in [0, 0.05) is 18.8 Å². The summed E-state index contributed by atoms with van der Waals surface area (Å²) in [7, 11) is 0. The molecule has 0 bridgehead atoms. The van der Waals surface area contributed by atoms with Gasteiger partial charge in [-0.15, -0.1) is 0 Å². The van der Waals surface area contributed by atoms with Crippen LogP contribution in [0, 0.1) is 35.5 Å². The number of ketones is 3. The number of hydrogen-bond acceptors (Lipinski definition) is 6. The Morgan fingerprint density at radius 3 is 1.23 bits per heavy atom. The maximum atomic E-state index is 13.6. The van der Waals surface area contributed by atoms with E-state index in [1.54, 1.807) is 6.92 Å². The van der Waals surface area contributed by atoms with E-state index in [1.165, 1.54) is 0 Å². The lowest BCUT2D eigenvalue weighted by molar-refractivity contribution is -0.196. The van der Waals surface area contributed by atoms with Crippen molar-refractivity contribution < 1.29 is 29.7 Å². The molecule has 40 heavy (non-hydrogen) atoms. The van der Waals surface area contributed by atoms with E-state index in [0.717, 1.165) is 51.4 Å². The lowest BCUT2D eigenvalue weighted by atomic mass is 9.68. The van der Waals surface area contributed by atoms with E-state index in [9.17, 15) is 29.7 Å². The van der Waals surface area contributed by atoms with E-state index in [4.69, 9.17) is 0 Å². The second-order valence-electron chi connectivity index (χ2n) is 14.1. The van der Waals surface area contributed by atoms with E-state index in [-0.39, 0.29) is 24.7 Å². The summed E-state index contributed by atoms with van der Waals surface area (Å²) in [5, 5.41) is 33.7. The molecule has 0 saturated carbocycles. The number of carbonyl (C=O) groups excluding carboxylic acids is 3. The molecular formula is C34H64O6. The van der Waals surface area contributed by atoms with Gasteiger partial charge in [-0.2, -0.15) is 0 Å². The number of Topliss-reactive ketones (excluding diaryl/α,β-unsaturated/α-hetero) is 3. The molecule has 0 saturated heterocycles. The normalized spacial score (nSPS) is 17.5. The molecule has 0 aromatic rings. The standard InChI is InChI=1S/C34H64O6/c1-24(2)13-10-16-27(7)19-21-30(36)34(40,31(37)22-20-28(8)17-11-14-25(3)4)33(39,23-35)32(38)29(9)18-12-15-26(5)6/h24-29,35,39-40H,10-23H2,1-9H3. The monoisotopic (exact) mass is 568 g/mol. The zero-order valence-electron chi connectivity index (χ0n) is 27.4. The number of carbonyl (C=O) groups is 3. The topological polar surface area (TPSA) is 112 Å². The minimum Gasteiger partial charge on any atom is -0.393 e. The lowest BCUT2D eigenvalue weighted by Crippen LogP contribution is -2.70. The molecule has 0 aliphatic carbocycles. The molecule has 0 spiro atoms. The highest BCUT2D eigenvalue weighted by atomic mass is 16.4. The van der Waals surface area contributed by atoms with Gasteiger partial charge < -0.3 is 15.3 Å². The minimum atomic E-state index is -2.96. The highest BCUT2D eigenvalue weighted by Gasteiger charge is 2.63. The van der Waals surface area contributed by atoms with Crippen molar-refractivity contribution in [2.45, 2.75) is 157 Å². The van der Waals surface area contributed by atoms with Gasteiger partial charge in [-0.3, -0.25) is 14.4 Å².